The first-order chi connectivity index (χ1) is 28.0. The summed E-state index contributed by atoms with van der Waals surface area (Å²) in [7, 11) is 0. The fraction of sp³-hybridized carbons (Fsp3) is 0. The molecule has 0 bridgehead atoms. The van der Waals surface area contributed by atoms with E-state index < -0.39 is 0 Å². The highest BCUT2D eigenvalue weighted by Gasteiger charge is 2.47. The van der Waals surface area contributed by atoms with Crippen molar-refractivity contribution < 1.29 is 28.4 Å². The third-order valence-corrected chi connectivity index (χ3v) is 11.9. The molecule has 9 nitrogen and oxygen atoms in total. The van der Waals surface area contributed by atoms with Gasteiger partial charge in [-0.2, -0.15) is 10.5 Å². The number of ether oxygens (including phenoxy) is 6. The minimum atomic E-state index is -0.358. The number of rotatable bonds is 0. The Morgan fingerprint density at radius 2 is 0.719 bits per heavy atom. The molecule has 7 aromatic rings. The predicted molar refractivity (Wildman–Crippen MR) is 215 cm³/mol. The summed E-state index contributed by atoms with van der Waals surface area (Å²) in [5.41, 5.74) is 9.50. The smallest absolute Gasteiger partial charge is 0.260 e. The number of para-hydroxylation sites is 2. The van der Waals surface area contributed by atoms with Crippen molar-refractivity contribution in [3.8, 4) is 81.1 Å². The van der Waals surface area contributed by atoms with Gasteiger partial charge in [0.15, 0.2) is 5.69 Å². The van der Waals surface area contributed by atoms with Gasteiger partial charge in [0.25, 0.3) is 20.1 Å². The minimum absolute atomic E-state index is 0.237. The SMILES string of the molecule is [C-]#[N+]c1cc2c3c(c1)Oc1cc4c(cc1B3c1ccccc1O2)B1c2cc3c(cc2Oc2cc(C#N)cc(c21)O4)Oc1cc(C#N)cc2c1B3c1ccccc1O2. The molecule has 0 atom stereocenters. The van der Waals surface area contributed by atoms with Gasteiger partial charge < -0.3 is 28.4 Å². The molecule has 0 spiro atoms. The van der Waals surface area contributed by atoms with Gasteiger partial charge in [-0.25, -0.2) is 4.85 Å². The van der Waals surface area contributed by atoms with Crippen LogP contribution < -0.4 is 77.6 Å². The normalized spacial score (nSPS) is 13.9. The molecule has 258 valence electrons. The second kappa shape index (κ2) is 10.6. The molecule has 0 aromatic heterocycles. The van der Waals surface area contributed by atoms with E-state index in [9.17, 15) is 10.5 Å². The van der Waals surface area contributed by atoms with Gasteiger partial charge in [-0.05, 0) is 81.3 Å². The molecule has 6 aliphatic heterocycles. The van der Waals surface area contributed by atoms with E-state index in [1.54, 1.807) is 36.4 Å². The average Bonchev–Trinajstić information content (AvgIpc) is 3.24. The molecule has 13 rings (SSSR count). The van der Waals surface area contributed by atoms with Crippen molar-refractivity contribution in [1.82, 2.24) is 0 Å². The van der Waals surface area contributed by atoms with Crippen molar-refractivity contribution in [3.05, 3.63) is 132 Å². The maximum absolute atomic E-state index is 10.1. The number of hydrogen-bond acceptors (Lipinski definition) is 8. The van der Waals surface area contributed by atoms with E-state index in [-0.39, 0.29) is 20.1 Å². The lowest BCUT2D eigenvalue weighted by Crippen LogP contribution is -2.63. The molecule has 6 heterocycles. The van der Waals surface area contributed by atoms with Gasteiger partial charge in [0, 0.05) is 28.5 Å². The van der Waals surface area contributed by atoms with Crippen LogP contribution in [0.1, 0.15) is 11.1 Å². The van der Waals surface area contributed by atoms with Crippen molar-refractivity contribution in [3.63, 3.8) is 0 Å². The maximum atomic E-state index is 10.1. The van der Waals surface area contributed by atoms with Crippen LogP contribution in [0.5, 0.6) is 69.0 Å². The first kappa shape index (κ1) is 30.3. The van der Waals surface area contributed by atoms with Gasteiger partial charge in [0.1, 0.15) is 69.0 Å². The van der Waals surface area contributed by atoms with E-state index >= 15 is 0 Å². The largest absolute Gasteiger partial charge is 0.460 e. The summed E-state index contributed by atoms with van der Waals surface area (Å²) in [5, 5.41) is 20.0. The summed E-state index contributed by atoms with van der Waals surface area (Å²) in [6.45, 7) is 6.93. The predicted octanol–water partition coefficient (Wildman–Crippen LogP) is 4.16. The van der Waals surface area contributed by atoms with E-state index in [1.807, 2.05) is 48.5 Å². The van der Waals surface area contributed by atoms with E-state index in [0.717, 1.165) is 60.7 Å². The molecule has 0 aliphatic carbocycles. The van der Waals surface area contributed by atoms with Gasteiger partial charge in [0.05, 0.1) is 29.8 Å². The standard InChI is InChI=1S/C45H18B3N3O6/c1-51-24-14-41-45-42(15-24)57-34-19-36-30(17-28(34)47(45)26-7-3-5-9-32(26)53-41)48-29-16-27-33(18-35(29)55-39-12-23(21-50)13-40(56-36)44(39)48)54-38-11-22(20-49)10-37-43(38)46(27)25-6-2-4-8-31(25)52-37/h2-19H. The number of nitriles is 2. The Morgan fingerprint density at radius 1 is 0.386 bits per heavy atom. The average molecular weight is 729 g/mol. The fourth-order valence-corrected chi connectivity index (χ4v) is 9.56. The first-order valence-electron chi connectivity index (χ1n) is 18.4. The first-order valence-corrected chi connectivity index (χ1v) is 18.4. The fourth-order valence-electron chi connectivity index (χ4n) is 9.56. The summed E-state index contributed by atoms with van der Waals surface area (Å²) in [6, 6.07) is 39.2. The van der Waals surface area contributed by atoms with Crippen LogP contribution in [-0.2, 0) is 0 Å². The lowest BCUT2D eigenvalue weighted by Gasteiger charge is -2.38. The van der Waals surface area contributed by atoms with Crippen LogP contribution in [0.4, 0.5) is 5.69 Å². The van der Waals surface area contributed by atoms with Gasteiger partial charge in [0.2, 0.25) is 0 Å². The van der Waals surface area contributed by atoms with E-state index in [2.05, 4.69) is 41.2 Å². The van der Waals surface area contributed by atoms with Gasteiger partial charge >= 0.3 is 0 Å². The van der Waals surface area contributed by atoms with E-state index in [0.29, 0.717) is 74.3 Å². The second-order valence-electron chi connectivity index (χ2n) is 14.8. The minimum Gasteiger partial charge on any atom is -0.460 e. The quantitative estimate of drug-likeness (QED) is 0.169. The molecule has 0 saturated carbocycles. The third-order valence-electron chi connectivity index (χ3n) is 11.9. The van der Waals surface area contributed by atoms with Crippen molar-refractivity contribution in [1.29, 1.82) is 10.5 Å². The highest BCUT2D eigenvalue weighted by Crippen LogP contribution is 2.43. The van der Waals surface area contributed by atoms with Gasteiger partial charge in [-0.15, -0.1) is 0 Å². The summed E-state index contributed by atoms with van der Waals surface area (Å²) >= 11 is 0. The molecule has 0 amide bonds. The number of hydrogen-bond donors (Lipinski definition) is 0. The lowest BCUT2D eigenvalue weighted by molar-refractivity contribution is 0.448. The third kappa shape index (κ3) is 3.97. The molecule has 6 aliphatic rings. The zero-order valence-corrected chi connectivity index (χ0v) is 29.4. The molecular weight excluding hydrogens is 711 g/mol. The monoisotopic (exact) mass is 729 g/mol. The summed E-state index contributed by atoms with van der Waals surface area (Å²) in [4.78, 5) is 3.70. The maximum Gasteiger partial charge on any atom is 0.260 e. The van der Waals surface area contributed by atoms with Crippen LogP contribution in [0.15, 0.2) is 109 Å². The molecule has 7 aromatic carbocycles. The van der Waals surface area contributed by atoms with Crippen LogP contribution in [-0.4, -0.2) is 20.1 Å². The molecule has 0 radical (unpaired) electrons. The molecular formula is C45H18B3N3O6. The molecule has 57 heavy (non-hydrogen) atoms. The number of nitrogens with zero attached hydrogens (tertiary/aromatic N) is 3. The Bertz CT molecular complexity index is 3030. The Morgan fingerprint density at radius 3 is 1.09 bits per heavy atom. The van der Waals surface area contributed by atoms with Crippen LogP contribution in [0.3, 0.4) is 0 Å². The van der Waals surface area contributed by atoms with Crippen LogP contribution in [0.2, 0.25) is 0 Å². The zero-order chi connectivity index (χ0) is 37.7. The Hall–Kier alpha value is -8.00. The summed E-state index contributed by atoms with van der Waals surface area (Å²) in [6.07, 6.45) is 0. The number of benzene rings is 7. The van der Waals surface area contributed by atoms with Crippen molar-refractivity contribution in [2.24, 2.45) is 0 Å². The van der Waals surface area contributed by atoms with Crippen molar-refractivity contribution >= 4 is 75.0 Å². The highest BCUT2D eigenvalue weighted by molar-refractivity contribution is 7.02. The molecule has 12 heteroatoms. The van der Waals surface area contributed by atoms with Gasteiger partial charge in [-0.3, -0.25) is 0 Å². The van der Waals surface area contributed by atoms with Crippen LogP contribution >= 0.6 is 0 Å². The zero-order valence-electron chi connectivity index (χ0n) is 29.4. The van der Waals surface area contributed by atoms with E-state index in [1.165, 1.54) is 0 Å². The molecule has 0 N–H and O–H groups in total. The van der Waals surface area contributed by atoms with Crippen LogP contribution in [0, 0.1) is 29.2 Å². The lowest BCUT2D eigenvalue weighted by atomic mass is 9.30. The highest BCUT2D eigenvalue weighted by atomic mass is 16.5. The Balaban J connectivity index is 1.05. The summed E-state index contributed by atoms with van der Waals surface area (Å²) < 4.78 is 39.4. The van der Waals surface area contributed by atoms with Crippen molar-refractivity contribution in [2.75, 3.05) is 0 Å². The second-order valence-corrected chi connectivity index (χ2v) is 14.8. The summed E-state index contributed by atoms with van der Waals surface area (Å²) in [5.74, 6) is 7.21. The topological polar surface area (TPSA) is 107 Å². The van der Waals surface area contributed by atoms with Gasteiger partial charge in [-0.1, -0.05) is 48.5 Å². The molecule has 0 saturated heterocycles. The van der Waals surface area contributed by atoms with E-state index in [4.69, 9.17) is 35.0 Å². The Kier molecular flexibility index (Phi) is 5.65. The van der Waals surface area contributed by atoms with Crippen molar-refractivity contribution in [2.45, 2.75) is 0 Å². The molecule has 0 fully saturated rings. The molecule has 0 unspecified atom stereocenters. The Labute approximate surface area is 325 Å². The van der Waals surface area contributed by atoms with Crippen LogP contribution in [0.25, 0.3) is 4.85 Å². The number of fused-ring (bicyclic) bond motifs is 12.